The van der Waals surface area contributed by atoms with Gasteiger partial charge in [-0.2, -0.15) is 0 Å². The summed E-state index contributed by atoms with van der Waals surface area (Å²) in [5, 5.41) is 11.7. The third-order valence-corrected chi connectivity index (χ3v) is 4.97. The van der Waals surface area contributed by atoms with Crippen molar-refractivity contribution < 1.29 is 9.84 Å². The molecule has 0 radical (unpaired) electrons. The first-order chi connectivity index (χ1) is 12.1. The third kappa shape index (κ3) is 4.83. The molecule has 1 aliphatic rings. The van der Waals surface area contributed by atoms with E-state index < -0.39 is 5.60 Å². The van der Waals surface area contributed by atoms with Crippen LogP contribution in [0.2, 0.25) is 5.02 Å². The molecular weight excluding hydrogens is 338 g/mol. The molecule has 1 aromatic heterocycles. The molecule has 0 bridgehead atoms. The van der Waals surface area contributed by atoms with Gasteiger partial charge in [0, 0.05) is 23.3 Å². The molecule has 2 aromatic rings. The van der Waals surface area contributed by atoms with Gasteiger partial charge in [-0.15, -0.1) is 0 Å². The second kappa shape index (κ2) is 8.02. The van der Waals surface area contributed by atoms with Gasteiger partial charge in [0.1, 0.15) is 6.33 Å². The summed E-state index contributed by atoms with van der Waals surface area (Å²) in [6.45, 7) is 1.14. The van der Waals surface area contributed by atoms with Gasteiger partial charge < -0.3 is 14.7 Å². The molecule has 25 heavy (non-hydrogen) atoms. The molecular formula is C19H24ClN3O2. The van der Waals surface area contributed by atoms with E-state index in [4.69, 9.17) is 16.3 Å². The fourth-order valence-corrected chi connectivity index (χ4v) is 3.51. The van der Waals surface area contributed by atoms with E-state index in [1.807, 2.05) is 30.3 Å². The number of anilines is 1. The van der Waals surface area contributed by atoms with Gasteiger partial charge >= 0.3 is 0 Å². The second-order valence-corrected chi connectivity index (χ2v) is 7.11. The molecule has 1 heterocycles. The zero-order valence-corrected chi connectivity index (χ0v) is 15.2. The Hall–Kier alpha value is -1.85. The predicted molar refractivity (Wildman–Crippen MR) is 99.1 cm³/mol. The van der Waals surface area contributed by atoms with Gasteiger partial charge in [-0.05, 0) is 37.1 Å². The molecule has 0 spiro atoms. The van der Waals surface area contributed by atoms with Crippen LogP contribution in [0.15, 0.2) is 36.7 Å². The van der Waals surface area contributed by atoms with Gasteiger partial charge in [-0.3, -0.25) is 0 Å². The van der Waals surface area contributed by atoms with Crippen LogP contribution in [0, 0.1) is 0 Å². The maximum atomic E-state index is 11.0. The first-order valence-corrected chi connectivity index (χ1v) is 9.04. The van der Waals surface area contributed by atoms with E-state index in [1.54, 1.807) is 7.11 Å². The third-order valence-electron chi connectivity index (χ3n) is 4.72. The summed E-state index contributed by atoms with van der Waals surface area (Å²) in [5.74, 6) is 0.539. The largest absolute Gasteiger partial charge is 0.481 e. The highest BCUT2D eigenvalue weighted by atomic mass is 35.5. The smallest absolute Gasteiger partial charge is 0.216 e. The average molecular weight is 362 g/mol. The topological polar surface area (TPSA) is 58.5 Å². The summed E-state index contributed by atoms with van der Waals surface area (Å²) in [5.41, 5.74) is 1.21. The Morgan fingerprint density at radius 2 is 1.88 bits per heavy atom. The van der Waals surface area contributed by atoms with Crippen LogP contribution in [-0.4, -0.2) is 34.3 Å². The van der Waals surface area contributed by atoms with Gasteiger partial charge in [0.25, 0.3) is 0 Å². The van der Waals surface area contributed by atoms with Crippen LogP contribution in [0.4, 0.5) is 5.69 Å². The Balaban J connectivity index is 1.84. The minimum absolute atomic E-state index is 0.539. The lowest BCUT2D eigenvalue weighted by Gasteiger charge is -2.38. The predicted octanol–water partition coefficient (Wildman–Crippen LogP) is 3.84. The Morgan fingerprint density at radius 1 is 1.16 bits per heavy atom. The van der Waals surface area contributed by atoms with Crippen molar-refractivity contribution in [1.82, 2.24) is 9.97 Å². The molecule has 3 rings (SSSR count). The van der Waals surface area contributed by atoms with Gasteiger partial charge in [0.2, 0.25) is 5.88 Å². The van der Waals surface area contributed by atoms with Gasteiger partial charge in [-0.25, -0.2) is 9.97 Å². The minimum atomic E-state index is -0.658. The van der Waals surface area contributed by atoms with Crippen molar-refractivity contribution in [3.05, 3.63) is 47.4 Å². The minimum Gasteiger partial charge on any atom is -0.481 e. The quantitative estimate of drug-likeness (QED) is 0.847. The highest BCUT2D eigenvalue weighted by molar-refractivity contribution is 6.30. The monoisotopic (exact) mass is 361 g/mol. The van der Waals surface area contributed by atoms with Crippen molar-refractivity contribution in [2.24, 2.45) is 0 Å². The van der Waals surface area contributed by atoms with E-state index in [1.165, 1.54) is 12.7 Å². The first-order valence-electron chi connectivity index (χ1n) is 8.66. The maximum absolute atomic E-state index is 11.0. The molecule has 0 atom stereocenters. The lowest BCUT2D eigenvalue weighted by Crippen LogP contribution is -2.44. The van der Waals surface area contributed by atoms with E-state index >= 15 is 0 Å². The average Bonchev–Trinajstić information content (AvgIpc) is 2.62. The maximum Gasteiger partial charge on any atom is 0.216 e. The van der Waals surface area contributed by atoms with Crippen LogP contribution in [0.5, 0.6) is 5.88 Å². The van der Waals surface area contributed by atoms with Crippen molar-refractivity contribution in [3.63, 3.8) is 0 Å². The summed E-state index contributed by atoms with van der Waals surface area (Å²) in [4.78, 5) is 10.6. The fraction of sp³-hybridized carbons (Fsp3) is 0.474. The normalized spacial score (nSPS) is 16.4. The van der Waals surface area contributed by atoms with Crippen molar-refractivity contribution in [1.29, 1.82) is 0 Å². The standard InChI is InChI=1S/C19H24ClN3O2/c1-25-18-11-16(21-14-22-18)12-23(17-7-5-15(20)6-8-17)13-19(24)9-3-2-4-10-19/h5-8,11,14,24H,2-4,9-10,12-13H2,1H3. The highest BCUT2D eigenvalue weighted by Gasteiger charge is 2.31. The van der Waals surface area contributed by atoms with E-state index in [2.05, 4.69) is 14.9 Å². The summed E-state index contributed by atoms with van der Waals surface area (Å²) >= 11 is 6.03. The summed E-state index contributed by atoms with van der Waals surface area (Å²) in [6.07, 6.45) is 6.53. The summed E-state index contributed by atoms with van der Waals surface area (Å²) < 4.78 is 5.19. The molecule has 0 saturated heterocycles. The van der Waals surface area contributed by atoms with Crippen LogP contribution < -0.4 is 9.64 Å². The molecule has 1 fully saturated rings. The molecule has 0 amide bonds. The van der Waals surface area contributed by atoms with Crippen LogP contribution in [-0.2, 0) is 6.54 Å². The number of ether oxygens (including phenoxy) is 1. The number of halogens is 1. The lowest BCUT2D eigenvalue weighted by molar-refractivity contribution is 0.0107. The summed E-state index contributed by atoms with van der Waals surface area (Å²) in [6, 6.07) is 9.53. The van der Waals surface area contributed by atoms with E-state index in [9.17, 15) is 5.11 Å². The van der Waals surface area contributed by atoms with Crippen LogP contribution in [0.3, 0.4) is 0 Å². The van der Waals surface area contributed by atoms with Crippen molar-refractivity contribution in [2.45, 2.75) is 44.2 Å². The molecule has 0 unspecified atom stereocenters. The van der Waals surface area contributed by atoms with E-state index in [0.717, 1.165) is 37.1 Å². The Bertz CT molecular complexity index is 687. The van der Waals surface area contributed by atoms with Crippen LogP contribution in [0.25, 0.3) is 0 Å². The Kier molecular flexibility index (Phi) is 5.76. The molecule has 134 valence electrons. The lowest BCUT2D eigenvalue weighted by atomic mass is 9.84. The van der Waals surface area contributed by atoms with Gasteiger partial charge in [0.05, 0.1) is 24.9 Å². The van der Waals surface area contributed by atoms with Crippen molar-refractivity contribution in [3.8, 4) is 5.88 Å². The highest BCUT2D eigenvalue weighted by Crippen LogP contribution is 2.31. The number of benzene rings is 1. The van der Waals surface area contributed by atoms with E-state index in [-0.39, 0.29) is 0 Å². The second-order valence-electron chi connectivity index (χ2n) is 6.67. The number of aromatic nitrogens is 2. The zero-order chi connectivity index (χ0) is 17.7. The van der Waals surface area contributed by atoms with E-state index in [0.29, 0.717) is 24.0 Å². The van der Waals surface area contributed by atoms with Crippen LogP contribution in [0.1, 0.15) is 37.8 Å². The molecule has 1 N–H and O–H groups in total. The van der Waals surface area contributed by atoms with Crippen molar-refractivity contribution in [2.75, 3.05) is 18.6 Å². The molecule has 5 nitrogen and oxygen atoms in total. The number of aliphatic hydroxyl groups is 1. The zero-order valence-electron chi connectivity index (χ0n) is 14.5. The Morgan fingerprint density at radius 3 is 2.56 bits per heavy atom. The molecule has 1 saturated carbocycles. The SMILES string of the molecule is COc1cc(CN(CC2(O)CCCCC2)c2ccc(Cl)cc2)ncn1. The van der Waals surface area contributed by atoms with Gasteiger partial charge in [0.15, 0.2) is 0 Å². The number of rotatable bonds is 6. The Labute approximate surface area is 153 Å². The molecule has 0 aliphatic heterocycles. The first kappa shape index (κ1) is 18.0. The molecule has 6 heteroatoms. The molecule has 1 aliphatic carbocycles. The van der Waals surface area contributed by atoms with Gasteiger partial charge in [-0.1, -0.05) is 30.9 Å². The number of hydrogen-bond acceptors (Lipinski definition) is 5. The van der Waals surface area contributed by atoms with Crippen LogP contribution >= 0.6 is 11.6 Å². The fourth-order valence-electron chi connectivity index (χ4n) is 3.38. The summed E-state index contributed by atoms with van der Waals surface area (Å²) in [7, 11) is 1.59. The molecule has 1 aromatic carbocycles. The number of methoxy groups -OCH3 is 1. The number of hydrogen-bond donors (Lipinski definition) is 1. The number of nitrogens with zero attached hydrogens (tertiary/aromatic N) is 3. The van der Waals surface area contributed by atoms with Crippen molar-refractivity contribution >= 4 is 17.3 Å².